The molecule has 0 atom stereocenters. The average molecular weight is 263 g/mol. The molecule has 0 saturated heterocycles. The van der Waals surface area contributed by atoms with Crippen LogP contribution in [-0.4, -0.2) is 31.1 Å². The van der Waals surface area contributed by atoms with Crippen molar-refractivity contribution in [2.75, 3.05) is 18.9 Å². The molecule has 0 aliphatic heterocycles. The fraction of sp³-hybridized carbons (Fsp3) is 1.00. The van der Waals surface area contributed by atoms with Crippen LogP contribution in [0.4, 0.5) is 0 Å². The van der Waals surface area contributed by atoms with E-state index in [1.165, 1.54) is 25.7 Å². The molecule has 0 aromatic rings. The van der Waals surface area contributed by atoms with Crippen molar-refractivity contribution in [2.45, 2.75) is 51.7 Å². The first-order chi connectivity index (χ1) is 7.72. The van der Waals surface area contributed by atoms with Gasteiger partial charge in [0.15, 0.2) is 0 Å². The van der Waals surface area contributed by atoms with Gasteiger partial charge in [-0.2, -0.15) is 0 Å². The van der Waals surface area contributed by atoms with E-state index in [4.69, 9.17) is 4.74 Å². The molecule has 2 nitrogen and oxygen atoms in total. The van der Waals surface area contributed by atoms with Crippen LogP contribution in [-0.2, 0) is 4.74 Å². The topological polar surface area (TPSA) is 21.3 Å². The maximum atomic E-state index is 5.80. The van der Waals surface area contributed by atoms with E-state index < -0.39 is 0 Å². The first-order valence-electron chi connectivity index (χ1n) is 6.33. The van der Waals surface area contributed by atoms with Gasteiger partial charge in [0, 0.05) is 24.9 Å². The third-order valence-corrected chi connectivity index (χ3v) is 3.93. The zero-order valence-electron chi connectivity index (χ0n) is 10.4. The molecule has 4 heteroatoms. The highest BCUT2D eigenvalue weighted by atomic mass is 33.1. The Morgan fingerprint density at radius 3 is 2.81 bits per heavy atom. The lowest BCUT2D eigenvalue weighted by Gasteiger charge is -2.35. The van der Waals surface area contributed by atoms with Crippen molar-refractivity contribution in [3.05, 3.63) is 0 Å². The molecule has 96 valence electrons. The minimum atomic E-state index is 0.522. The summed E-state index contributed by atoms with van der Waals surface area (Å²) in [6, 6.07) is 0.690. The molecule has 0 aromatic heterocycles. The molecule has 1 aliphatic carbocycles. The molecule has 1 fully saturated rings. The van der Waals surface area contributed by atoms with Crippen molar-refractivity contribution in [3.8, 4) is 0 Å². The Labute approximate surface area is 109 Å². The predicted octanol–water partition coefficient (Wildman–Crippen LogP) is 3.14. The summed E-state index contributed by atoms with van der Waals surface area (Å²) in [4.78, 5) is 0. The van der Waals surface area contributed by atoms with Gasteiger partial charge in [-0.15, -0.1) is 11.7 Å². The number of hydrogen-bond acceptors (Lipinski definition) is 4. The smallest absolute Gasteiger partial charge is 0.0604 e. The third-order valence-electron chi connectivity index (χ3n) is 3.00. The van der Waals surface area contributed by atoms with E-state index in [-0.39, 0.29) is 0 Å². The van der Waals surface area contributed by atoms with Gasteiger partial charge in [-0.05, 0) is 31.6 Å². The molecule has 0 unspecified atom stereocenters. The van der Waals surface area contributed by atoms with Crippen molar-refractivity contribution in [1.29, 1.82) is 0 Å². The van der Waals surface area contributed by atoms with Crippen LogP contribution in [0.3, 0.4) is 0 Å². The van der Waals surface area contributed by atoms with Gasteiger partial charge in [0.2, 0.25) is 0 Å². The summed E-state index contributed by atoms with van der Waals surface area (Å²) in [5, 5.41) is 3.51. The highest BCUT2D eigenvalue weighted by molar-refractivity contribution is 8.68. The fourth-order valence-electron chi connectivity index (χ4n) is 1.92. The highest BCUT2D eigenvalue weighted by Crippen LogP contribution is 2.23. The summed E-state index contributed by atoms with van der Waals surface area (Å²) >= 11 is 4.11. The van der Waals surface area contributed by atoms with Crippen LogP contribution in [0.2, 0.25) is 0 Å². The second-order valence-electron chi connectivity index (χ2n) is 4.98. The number of nitrogens with one attached hydrogen (secondary N) is 1. The van der Waals surface area contributed by atoms with Crippen LogP contribution < -0.4 is 5.32 Å². The van der Waals surface area contributed by atoms with Gasteiger partial charge in [0.05, 0.1) is 6.10 Å². The Morgan fingerprint density at radius 2 is 2.19 bits per heavy atom. The van der Waals surface area contributed by atoms with Crippen LogP contribution in [0.15, 0.2) is 0 Å². The van der Waals surface area contributed by atoms with Gasteiger partial charge in [-0.25, -0.2) is 0 Å². The van der Waals surface area contributed by atoms with Gasteiger partial charge >= 0.3 is 0 Å². The molecule has 16 heavy (non-hydrogen) atoms. The molecule has 1 aliphatic rings. The zero-order chi connectivity index (χ0) is 11.8. The van der Waals surface area contributed by atoms with Crippen molar-refractivity contribution < 1.29 is 4.74 Å². The summed E-state index contributed by atoms with van der Waals surface area (Å²) in [5.41, 5.74) is 0. The molecule has 0 aromatic carbocycles. The molecular formula is C12H25NOS2. The van der Waals surface area contributed by atoms with E-state index in [1.54, 1.807) is 10.8 Å². The zero-order valence-corrected chi connectivity index (χ0v) is 12.2. The summed E-state index contributed by atoms with van der Waals surface area (Å²) in [7, 11) is 1.60. The minimum Gasteiger partial charge on any atom is -0.378 e. The van der Waals surface area contributed by atoms with E-state index in [0.717, 1.165) is 24.8 Å². The van der Waals surface area contributed by atoms with Crippen LogP contribution in [0.1, 0.15) is 39.5 Å². The van der Waals surface area contributed by atoms with E-state index >= 15 is 0 Å². The Hall–Kier alpha value is 0.620. The molecule has 0 bridgehead atoms. The Balaban J connectivity index is 1.84. The molecule has 1 saturated carbocycles. The summed E-state index contributed by atoms with van der Waals surface area (Å²) in [6.07, 6.45) is 5.40. The lowest BCUT2D eigenvalue weighted by Crippen LogP contribution is -2.46. The van der Waals surface area contributed by atoms with Crippen LogP contribution in [0.25, 0.3) is 0 Å². The van der Waals surface area contributed by atoms with E-state index in [1.807, 2.05) is 0 Å². The monoisotopic (exact) mass is 263 g/mol. The van der Waals surface area contributed by atoms with Crippen molar-refractivity contribution in [1.82, 2.24) is 5.32 Å². The first-order valence-corrected chi connectivity index (χ1v) is 8.37. The van der Waals surface area contributed by atoms with E-state index in [2.05, 4.69) is 30.8 Å². The maximum absolute atomic E-state index is 5.80. The van der Waals surface area contributed by atoms with Crippen LogP contribution in [0.5, 0.6) is 0 Å². The summed E-state index contributed by atoms with van der Waals surface area (Å²) in [5.74, 6) is 1.89. The minimum absolute atomic E-state index is 0.522. The van der Waals surface area contributed by atoms with Gasteiger partial charge in [0.25, 0.3) is 0 Å². The summed E-state index contributed by atoms with van der Waals surface area (Å²) < 4.78 is 5.80. The molecule has 0 amide bonds. The van der Waals surface area contributed by atoms with Crippen LogP contribution in [0, 0.1) is 5.92 Å². The number of hydrogen-bond donors (Lipinski definition) is 2. The second kappa shape index (κ2) is 8.67. The van der Waals surface area contributed by atoms with Crippen molar-refractivity contribution in [2.24, 2.45) is 5.92 Å². The number of ether oxygens (including phenoxy) is 1. The molecule has 1 rings (SSSR count). The lowest BCUT2D eigenvalue weighted by molar-refractivity contribution is -0.0180. The second-order valence-corrected chi connectivity index (χ2v) is 6.43. The number of rotatable bonds is 9. The molecule has 0 radical (unpaired) electrons. The van der Waals surface area contributed by atoms with Gasteiger partial charge < -0.3 is 10.1 Å². The predicted molar refractivity (Wildman–Crippen MR) is 76.3 cm³/mol. The van der Waals surface area contributed by atoms with Crippen molar-refractivity contribution >= 4 is 22.5 Å². The summed E-state index contributed by atoms with van der Waals surface area (Å²) in [6.45, 7) is 6.55. The van der Waals surface area contributed by atoms with Gasteiger partial charge in [-0.3, -0.25) is 0 Å². The van der Waals surface area contributed by atoms with Crippen LogP contribution >= 0.6 is 22.5 Å². The van der Waals surface area contributed by atoms with Gasteiger partial charge in [0.1, 0.15) is 0 Å². The normalized spacial score (nSPS) is 24.8. The highest BCUT2D eigenvalue weighted by Gasteiger charge is 2.28. The Kier molecular flexibility index (Phi) is 7.96. The molecule has 0 heterocycles. The molecule has 1 N–H and O–H groups in total. The SMILES string of the molecule is CC(C)CCCO[C@H]1C[C@H](NCCSS)C1. The Bertz CT molecular complexity index is 172. The standard InChI is InChI=1S/C12H25NOS2/c1-10(2)4-3-6-14-12-8-11(9-12)13-5-7-16-15/h10-13,15H,3-9H2,1-2H3/t11-,12-. The number of thiol groups is 1. The average Bonchev–Trinajstić information content (AvgIpc) is 2.18. The third kappa shape index (κ3) is 6.38. The lowest BCUT2D eigenvalue weighted by atomic mass is 9.89. The Morgan fingerprint density at radius 1 is 1.44 bits per heavy atom. The molecule has 0 spiro atoms. The van der Waals surface area contributed by atoms with E-state index in [0.29, 0.717) is 12.1 Å². The van der Waals surface area contributed by atoms with E-state index in [9.17, 15) is 0 Å². The largest absolute Gasteiger partial charge is 0.378 e. The first kappa shape index (κ1) is 14.7. The maximum Gasteiger partial charge on any atom is 0.0604 e. The quantitative estimate of drug-likeness (QED) is 0.379. The molecular weight excluding hydrogens is 238 g/mol. The van der Waals surface area contributed by atoms with Crippen molar-refractivity contribution in [3.63, 3.8) is 0 Å². The fourth-order valence-corrected chi connectivity index (χ4v) is 2.40. The van der Waals surface area contributed by atoms with Gasteiger partial charge in [-0.1, -0.05) is 24.6 Å².